The highest BCUT2D eigenvalue weighted by molar-refractivity contribution is 6.02. The van der Waals surface area contributed by atoms with Gasteiger partial charge in [-0.1, -0.05) is 6.07 Å². The summed E-state index contributed by atoms with van der Waals surface area (Å²) in [6.45, 7) is 3.95. The molecule has 1 N–H and O–H groups in total. The van der Waals surface area contributed by atoms with E-state index < -0.39 is 0 Å². The SMILES string of the molecule is Cc1cc(C)cc(NC(=O)c2ccc(-c3ccc(F)cc3)o2)c1. The van der Waals surface area contributed by atoms with Crippen LogP contribution in [0.15, 0.2) is 59.0 Å². The molecule has 3 rings (SSSR count). The number of halogens is 1. The molecule has 0 fully saturated rings. The van der Waals surface area contributed by atoms with Crippen molar-refractivity contribution in [3.63, 3.8) is 0 Å². The lowest BCUT2D eigenvalue weighted by atomic mass is 10.1. The summed E-state index contributed by atoms with van der Waals surface area (Å²) in [5.41, 5.74) is 3.60. The Balaban J connectivity index is 1.79. The van der Waals surface area contributed by atoms with Crippen LogP contribution in [0.3, 0.4) is 0 Å². The maximum Gasteiger partial charge on any atom is 0.291 e. The predicted octanol–water partition coefficient (Wildman–Crippen LogP) is 4.95. The molecule has 0 unspecified atom stereocenters. The van der Waals surface area contributed by atoms with Gasteiger partial charge in [0, 0.05) is 11.3 Å². The molecule has 1 aromatic heterocycles. The average molecular weight is 309 g/mol. The quantitative estimate of drug-likeness (QED) is 0.743. The summed E-state index contributed by atoms with van der Waals surface area (Å²) >= 11 is 0. The van der Waals surface area contributed by atoms with Crippen LogP contribution in [0.2, 0.25) is 0 Å². The first-order valence-corrected chi connectivity index (χ1v) is 7.27. The van der Waals surface area contributed by atoms with Gasteiger partial charge in [-0.05, 0) is 73.5 Å². The van der Waals surface area contributed by atoms with Gasteiger partial charge in [-0.3, -0.25) is 4.79 Å². The van der Waals surface area contributed by atoms with Crippen molar-refractivity contribution in [1.82, 2.24) is 0 Å². The van der Waals surface area contributed by atoms with E-state index in [1.807, 2.05) is 32.0 Å². The largest absolute Gasteiger partial charge is 0.451 e. The van der Waals surface area contributed by atoms with Gasteiger partial charge in [0.25, 0.3) is 5.91 Å². The van der Waals surface area contributed by atoms with Gasteiger partial charge in [-0.2, -0.15) is 0 Å². The van der Waals surface area contributed by atoms with Crippen LogP contribution >= 0.6 is 0 Å². The molecule has 0 aliphatic carbocycles. The summed E-state index contributed by atoms with van der Waals surface area (Å²) in [5.74, 6) is 0.107. The topological polar surface area (TPSA) is 42.2 Å². The summed E-state index contributed by atoms with van der Waals surface area (Å²) in [6.07, 6.45) is 0. The average Bonchev–Trinajstić information content (AvgIpc) is 2.97. The Labute approximate surface area is 133 Å². The van der Waals surface area contributed by atoms with E-state index in [-0.39, 0.29) is 17.5 Å². The lowest BCUT2D eigenvalue weighted by Gasteiger charge is -2.06. The zero-order valence-corrected chi connectivity index (χ0v) is 12.9. The fourth-order valence-corrected chi connectivity index (χ4v) is 2.47. The number of benzene rings is 2. The van der Waals surface area contributed by atoms with E-state index in [1.54, 1.807) is 24.3 Å². The number of hydrogen-bond acceptors (Lipinski definition) is 2. The number of amides is 1. The van der Waals surface area contributed by atoms with Crippen LogP contribution in [-0.2, 0) is 0 Å². The van der Waals surface area contributed by atoms with Crippen molar-refractivity contribution in [1.29, 1.82) is 0 Å². The van der Waals surface area contributed by atoms with E-state index in [4.69, 9.17) is 4.42 Å². The molecule has 0 aliphatic rings. The lowest BCUT2D eigenvalue weighted by molar-refractivity contribution is 0.0997. The number of rotatable bonds is 3. The molecular weight excluding hydrogens is 293 g/mol. The number of carbonyl (C=O) groups is 1. The smallest absolute Gasteiger partial charge is 0.291 e. The maximum atomic E-state index is 12.9. The van der Waals surface area contributed by atoms with E-state index in [2.05, 4.69) is 5.32 Å². The maximum absolute atomic E-state index is 12.9. The fourth-order valence-electron chi connectivity index (χ4n) is 2.47. The van der Waals surface area contributed by atoms with E-state index in [9.17, 15) is 9.18 Å². The van der Waals surface area contributed by atoms with Crippen molar-refractivity contribution in [2.24, 2.45) is 0 Å². The van der Waals surface area contributed by atoms with E-state index in [0.717, 1.165) is 22.4 Å². The van der Waals surface area contributed by atoms with Crippen LogP contribution in [0.4, 0.5) is 10.1 Å². The van der Waals surface area contributed by atoms with Crippen LogP contribution in [0.1, 0.15) is 21.7 Å². The van der Waals surface area contributed by atoms with Crippen LogP contribution in [-0.4, -0.2) is 5.91 Å². The summed E-state index contributed by atoms with van der Waals surface area (Å²) in [6, 6.07) is 15.1. The Bertz CT molecular complexity index is 830. The first-order valence-electron chi connectivity index (χ1n) is 7.27. The van der Waals surface area contributed by atoms with Crippen molar-refractivity contribution in [2.75, 3.05) is 5.32 Å². The zero-order chi connectivity index (χ0) is 16.4. The van der Waals surface area contributed by atoms with E-state index >= 15 is 0 Å². The second-order valence-corrected chi connectivity index (χ2v) is 5.50. The molecule has 116 valence electrons. The van der Waals surface area contributed by atoms with Crippen molar-refractivity contribution < 1.29 is 13.6 Å². The molecule has 0 saturated carbocycles. The van der Waals surface area contributed by atoms with Gasteiger partial charge in [-0.25, -0.2) is 4.39 Å². The molecule has 0 bridgehead atoms. The molecule has 0 atom stereocenters. The second-order valence-electron chi connectivity index (χ2n) is 5.50. The van der Waals surface area contributed by atoms with E-state index in [1.165, 1.54) is 12.1 Å². The monoisotopic (exact) mass is 309 g/mol. The molecule has 0 saturated heterocycles. The van der Waals surface area contributed by atoms with Crippen LogP contribution in [0.25, 0.3) is 11.3 Å². The predicted molar refractivity (Wildman–Crippen MR) is 88.0 cm³/mol. The van der Waals surface area contributed by atoms with Gasteiger partial charge >= 0.3 is 0 Å². The highest BCUT2D eigenvalue weighted by Gasteiger charge is 2.13. The third kappa shape index (κ3) is 3.48. The number of furan rings is 1. The first kappa shape index (κ1) is 15.0. The Morgan fingerprint density at radius 1 is 0.957 bits per heavy atom. The minimum absolute atomic E-state index is 0.212. The Morgan fingerprint density at radius 2 is 1.61 bits per heavy atom. The number of nitrogens with one attached hydrogen (secondary N) is 1. The van der Waals surface area contributed by atoms with Crippen molar-refractivity contribution in [3.05, 3.63) is 77.3 Å². The summed E-state index contributed by atoms with van der Waals surface area (Å²) in [7, 11) is 0. The summed E-state index contributed by atoms with van der Waals surface area (Å²) in [4.78, 5) is 12.3. The van der Waals surface area contributed by atoms with Gasteiger partial charge in [-0.15, -0.1) is 0 Å². The van der Waals surface area contributed by atoms with Crippen molar-refractivity contribution >= 4 is 11.6 Å². The second kappa shape index (κ2) is 6.08. The molecule has 4 heteroatoms. The number of carbonyl (C=O) groups excluding carboxylic acids is 1. The molecular formula is C19H16FNO2. The zero-order valence-electron chi connectivity index (χ0n) is 12.9. The molecule has 1 heterocycles. The summed E-state index contributed by atoms with van der Waals surface area (Å²) in [5, 5.41) is 2.82. The molecule has 0 spiro atoms. The molecule has 0 radical (unpaired) electrons. The van der Waals surface area contributed by atoms with E-state index in [0.29, 0.717) is 5.76 Å². The molecule has 3 nitrogen and oxygen atoms in total. The van der Waals surface area contributed by atoms with Gasteiger partial charge in [0.1, 0.15) is 11.6 Å². The van der Waals surface area contributed by atoms with Crippen molar-refractivity contribution in [2.45, 2.75) is 13.8 Å². The molecule has 2 aromatic carbocycles. The summed E-state index contributed by atoms with van der Waals surface area (Å²) < 4.78 is 18.5. The third-order valence-corrected chi connectivity index (χ3v) is 3.44. The third-order valence-electron chi connectivity index (χ3n) is 3.44. The van der Waals surface area contributed by atoms with Gasteiger partial charge < -0.3 is 9.73 Å². The first-order chi connectivity index (χ1) is 11.0. The van der Waals surface area contributed by atoms with Gasteiger partial charge in [0.2, 0.25) is 0 Å². The highest BCUT2D eigenvalue weighted by Crippen LogP contribution is 2.23. The lowest BCUT2D eigenvalue weighted by Crippen LogP contribution is -2.11. The van der Waals surface area contributed by atoms with Crippen LogP contribution in [0.5, 0.6) is 0 Å². The minimum Gasteiger partial charge on any atom is -0.451 e. The van der Waals surface area contributed by atoms with Crippen LogP contribution in [0, 0.1) is 19.7 Å². The highest BCUT2D eigenvalue weighted by atomic mass is 19.1. The molecule has 23 heavy (non-hydrogen) atoms. The Morgan fingerprint density at radius 3 is 2.26 bits per heavy atom. The Hall–Kier alpha value is -2.88. The number of aryl methyl sites for hydroxylation is 2. The van der Waals surface area contributed by atoms with Gasteiger partial charge in [0.15, 0.2) is 5.76 Å². The number of hydrogen-bond donors (Lipinski definition) is 1. The minimum atomic E-state index is -0.316. The standard InChI is InChI=1S/C19H16FNO2/c1-12-9-13(2)11-16(10-12)21-19(22)18-8-7-17(23-18)14-3-5-15(20)6-4-14/h3-11H,1-2H3,(H,21,22). The van der Waals surface area contributed by atoms with Gasteiger partial charge in [0.05, 0.1) is 0 Å². The van der Waals surface area contributed by atoms with Crippen LogP contribution < -0.4 is 5.32 Å². The molecule has 1 amide bonds. The fraction of sp³-hybridized carbons (Fsp3) is 0.105. The molecule has 0 aliphatic heterocycles. The normalized spacial score (nSPS) is 10.6. The Kier molecular flexibility index (Phi) is 3.98. The number of anilines is 1. The molecule has 3 aromatic rings. The van der Waals surface area contributed by atoms with Crippen molar-refractivity contribution in [3.8, 4) is 11.3 Å².